The summed E-state index contributed by atoms with van der Waals surface area (Å²) in [6, 6.07) is 16.1. The van der Waals surface area contributed by atoms with Crippen LogP contribution in [-0.2, 0) is 10.0 Å². The van der Waals surface area contributed by atoms with Gasteiger partial charge in [-0.3, -0.25) is 0 Å². The lowest BCUT2D eigenvalue weighted by atomic mass is 10.2. The van der Waals surface area contributed by atoms with Gasteiger partial charge in [-0.25, -0.2) is 8.42 Å². The first-order valence-electron chi connectivity index (χ1n) is 6.86. The van der Waals surface area contributed by atoms with Crippen LogP contribution in [0, 0.1) is 0 Å². The molecule has 0 amide bonds. The SMILES string of the molecule is COc1ccc(S(=O)(=O)N(C)CC=Cc2ccccc2)cc1. The molecule has 0 N–H and O–H groups in total. The number of ether oxygens (including phenoxy) is 1. The van der Waals surface area contributed by atoms with Crippen molar-refractivity contribution in [2.24, 2.45) is 0 Å². The Morgan fingerprint density at radius 3 is 2.27 bits per heavy atom. The largest absolute Gasteiger partial charge is 0.497 e. The number of hydrogen-bond acceptors (Lipinski definition) is 3. The molecule has 2 aromatic rings. The molecular weight excluding hydrogens is 298 g/mol. The van der Waals surface area contributed by atoms with Crippen LogP contribution in [0.3, 0.4) is 0 Å². The van der Waals surface area contributed by atoms with Crippen LogP contribution < -0.4 is 4.74 Å². The molecule has 4 nitrogen and oxygen atoms in total. The summed E-state index contributed by atoms with van der Waals surface area (Å²) in [6.07, 6.45) is 3.73. The Labute approximate surface area is 131 Å². The third-order valence-corrected chi connectivity index (χ3v) is 5.08. The van der Waals surface area contributed by atoms with Gasteiger partial charge >= 0.3 is 0 Å². The minimum Gasteiger partial charge on any atom is -0.497 e. The van der Waals surface area contributed by atoms with Crippen molar-refractivity contribution in [2.75, 3.05) is 20.7 Å². The van der Waals surface area contributed by atoms with Gasteiger partial charge in [-0.2, -0.15) is 4.31 Å². The first kappa shape index (κ1) is 16.3. The van der Waals surface area contributed by atoms with Crippen LogP contribution in [0.5, 0.6) is 5.75 Å². The quantitative estimate of drug-likeness (QED) is 0.823. The van der Waals surface area contributed by atoms with Gasteiger partial charge in [0, 0.05) is 13.6 Å². The summed E-state index contributed by atoms with van der Waals surface area (Å²) in [6.45, 7) is 0.309. The molecule has 0 spiro atoms. The predicted octanol–water partition coefficient (Wildman–Crippen LogP) is 3.03. The van der Waals surface area contributed by atoms with E-state index < -0.39 is 10.0 Å². The third-order valence-electron chi connectivity index (χ3n) is 3.24. The Hall–Kier alpha value is -2.11. The van der Waals surface area contributed by atoms with E-state index in [9.17, 15) is 8.42 Å². The highest BCUT2D eigenvalue weighted by atomic mass is 32.2. The zero-order valence-electron chi connectivity index (χ0n) is 12.6. The number of likely N-dealkylation sites (N-methyl/N-ethyl adjacent to an activating group) is 1. The monoisotopic (exact) mass is 317 g/mol. The second-order valence-corrected chi connectivity index (χ2v) is 6.82. The van der Waals surface area contributed by atoms with Gasteiger partial charge in [-0.05, 0) is 29.8 Å². The molecule has 0 bridgehead atoms. The molecular formula is C17H19NO3S. The lowest BCUT2D eigenvalue weighted by Crippen LogP contribution is -2.27. The van der Waals surface area contributed by atoms with E-state index in [4.69, 9.17) is 4.74 Å². The van der Waals surface area contributed by atoms with Crippen molar-refractivity contribution in [3.05, 3.63) is 66.2 Å². The van der Waals surface area contributed by atoms with Gasteiger partial charge in [0.25, 0.3) is 0 Å². The van der Waals surface area contributed by atoms with Crippen LogP contribution in [0.25, 0.3) is 6.08 Å². The Kier molecular flexibility index (Phi) is 5.35. The zero-order valence-corrected chi connectivity index (χ0v) is 13.5. The molecule has 0 aromatic heterocycles. The average Bonchev–Trinajstić information content (AvgIpc) is 2.55. The Morgan fingerprint density at radius 1 is 1.05 bits per heavy atom. The second-order valence-electron chi connectivity index (χ2n) is 4.77. The topological polar surface area (TPSA) is 46.6 Å². The maximum atomic E-state index is 12.4. The van der Waals surface area contributed by atoms with E-state index in [1.807, 2.05) is 42.5 Å². The lowest BCUT2D eigenvalue weighted by Gasteiger charge is -2.15. The fourth-order valence-electron chi connectivity index (χ4n) is 1.93. The number of methoxy groups -OCH3 is 1. The Balaban J connectivity index is 2.06. The highest BCUT2D eigenvalue weighted by Gasteiger charge is 2.19. The molecule has 2 aromatic carbocycles. The molecule has 5 heteroatoms. The minimum atomic E-state index is -3.49. The molecule has 2 rings (SSSR count). The van der Waals surface area contributed by atoms with Crippen LogP contribution in [0.4, 0.5) is 0 Å². The van der Waals surface area contributed by atoms with Crippen LogP contribution in [0.2, 0.25) is 0 Å². The minimum absolute atomic E-state index is 0.254. The molecule has 0 saturated carbocycles. The van der Waals surface area contributed by atoms with Gasteiger partial charge in [0.1, 0.15) is 5.75 Å². The van der Waals surface area contributed by atoms with Crippen LogP contribution >= 0.6 is 0 Å². The number of nitrogens with zero attached hydrogens (tertiary/aromatic N) is 1. The molecule has 0 atom stereocenters. The van der Waals surface area contributed by atoms with Crippen molar-refractivity contribution in [1.29, 1.82) is 0 Å². The van der Waals surface area contributed by atoms with E-state index in [1.165, 1.54) is 4.31 Å². The molecule has 0 aliphatic rings. The van der Waals surface area contributed by atoms with Crippen molar-refractivity contribution >= 4 is 16.1 Å². The lowest BCUT2D eigenvalue weighted by molar-refractivity contribution is 0.414. The maximum Gasteiger partial charge on any atom is 0.243 e. The normalized spacial score (nSPS) is 12.0. The number of sulfonamides is 1. The molecule has 0 radical (unpaired) electrons. The van der Waals surface area contributed by atoms with E-state index in [1.54, 1.807) is 38.4 Å². The van der Waals surface area contributed by atoms with E-state index in [-0.39, 0.29) is 4.90 Å². The van der Waals surface area contributed by atoms with Gasteiger partial charge in [0.15, 0.2) is 0 Å². The molecule has 0 heterocycles. The van der Waals surface area contributed by atoms with Crippen molar-refractivity contribution in [1.82, 2.24) is 4.31 Å². The zero-order chi connectivity index (χ0) is 16.0. The van der Waals surface area contributed by atoms with Crippen molar-refractivity contribution in [3.8, 4) is 5.75 Å². The Bertz CT molecular complexity index is 722. The molecule has 0 unspecified atom stereocenters. The van der Waals surface area contributed by atoms with Gasteiger partial charge in [0.05, 0.1) is 12.0 Å². The van der Waals surface area contributed by atoms with Gasteiger partial charge in [-0.1, -0.05) is 42.5 Å². The molecule has 0 aliphatic carbocycles. The first-order chi connectivity index (χ1) is 10.5. The van der Waals surface area contributed by atoms with E-state index >= 15 is 0 Å². The summed E-state index contributed by atoms with van der Waals surface area (Å²) >= 11 is 0. The molecule has 0 fully saturated rings. The number of rotatable bonds is 6. The van der Waals surface area contributed by atoms with E-state index in [2.05, 4.69) is 0 Å². The highest BCUT2D eigenvalue weighted by Crippen LogP contribution is 2.18. The third kappa shape index (κ3) is 3.96. The summed E-state index contributed by atoms with van der Waals surface area (Å²) in [5, 5.41) is 0. The predicted molar refractivity (Wildman–Crippen MR) is 88.3 cm³/mol. The van der Waals surface area contributed by atoms with Gasteiger partial charge in [0.2, 0.25) is 10.0 Å². The maximum absolute atomic E-state index is 12.4. The van der Waals surface area contributed by atoms with E-state index in [0.717, 1.165) is 5.56 Å². The smallest absolute Gasteiger partial charge is 0.243 e. The number of hydrogen-bond donors (Lipinski definition) is 0. The summed E-state index contributed by atoms with van der Waals surface area (Å²) < 4.78 is 31.2. The fraction of sp³-hybridized carbons (Fsp3) is 0.176. The molecule has 116 valence electrons. The van der Waals surface area contributed by atoms with Crippen molar-refractivity contribution in [2.45, 2.75) is 4.90 Å². The highest BCUT2D eigenvalue weighted by molar-refractivity contribution is 7.89. The standard InChI is InChI=1S/C17H19NO3S/c1-18(14-6-9-15-7-4-3-5-8-15)22(19,20)17-12-10-16(21-2)11-13-17/h3-13H,14H2,1-2H3. The van der Waals surface area contributed by atoms with E-state index in [0.29, 0.717) is 12.3 Å². The van der Waals surface area contributed by atoms with Crippen LogP contribution in [-0.4, -0.2) is 33.4 Å². The van der Waals surface area contributed by atoms with Crippen LogP contribution in [0.15, 0.2) is 65.6 Å². The molecule has 22 heavy (non-hydrogen) atoms. The summed E-state index contributed by atoms with van der Waals surface area (Å²) in [7, 11) is -0.382. The first-order valence-corrected chi connectivity index (χ1v) is 8.30. The average molecular weight is 317 g/mol. The van der Waals surface area contributed by atoms with Gasteiger partial charge in [-0.15, -0.1) is 0 Å². The second kappa shape index (κ2) is 7.24. The number of benzene rings is 2. The molecule has 0 saturated heterocycles. The van der Waals surface area contributed by atoms with Crippen molar-refractivity contribution < 1.29 is 13.2 Å². The van der Waals surface area contributed by atoms with Crippen molar-refractivity contribution in [3.63, 3.8) is 0 Å². The molecule has 0 aliphatic heterocycles. The Morgan fingerprint density at radius 2 is 1.68 bits per heavy atom. The summed E-state index contributed by atoms with van der Waals surface area (Å²) in [5.74, 6) is 0.630. The summed E-state index contributed by atoms with van der Waals surface area (Å²) in [4.78, 5) is 0.254. The fourth-order valence-corrected chi connectivity index (χ4v) is 3.05. The van der Waals surface area contributed by atoms with Gasteiger partial charge < -0.3 is 4.74 Å². The van der Waals surface area contributed by atoms with Crippen LogP contribution in [0.1, 0.15) is 5.56 Å². The summed E-state index contributed by atoms with van der Waals surface area (Å²) in [5.41, 5.74) is 1.04.